The van der Waals surface area contributed by atoms with E-state index >= 15 is 0 Å². The maximum Gasteiger partial charge on any atom is 0.357 e. The maximum atomic E-state index is 11.0. The molecular formula is C14H22N2O2S. The summed E-state index contributed by atoms with van der Waals surface area (Å²) < 4.78 is 0. The van der Waals surface area contributed by atoms with Crippen LogP contribution >= 0.6 is 11.3 Å². The summed E-state index contributed by atoms with van der Waals surface area (Å²) in [6.07, 6.45) is 4.56. The second-order valence-electron chi connectivity index (χ2n) is 6.48. The lowest BCUT2D eigenvalue weighted by Crippen LogP contribution is -2.25. The van der Waals surface area contributed by atoms with Gasteiger partial charge in [0, 0.05) is 5.92 Å². The van der Waals surface area contributed by atoms with Crippen LogP contribution in [0.15, 0.2) is 0 Å². The van der Waals surface area contributed by atoms with Crippen molar-refractivity contribution < 1.29 is 9.90 Å². The summed E-state index contributed by atoms with van der Waals surface area (Å²) in [5.74, 6) is 0.113. The Labute approximate surface area is 118 Å². The van der Waals surface area contributed by atoms with E-state index in [2.05, 4.69) is 25.8 Å². The molecule has 1 saturated carbocycles. The van der Waals surface area contributed by atoms with Gasteiger partial charge in [-0.05, 0) is 37.0 Å². The Morgan fingerprint density at radius 1 is 1.32 bits per heavy atom. The number of nitrogens with two attached hydrogens (primary N) is 1. The number of aromatic carboxylic acids is 1. The molecule has 3 N–H and O–H groups in total. The molecule has 19 heavy (non-hydrogen) atoms. The zero-order valence-electron chi connectivity index (χ0n) is 11.8. The molecule has 0 atom stereocenters. The van der Waals surface area contributed by atoms with E-state index in [1.807, 2.05) is 0 Å². The molecule has 2 rings (SSSR count). The van der Waals surface area contributed by atoms with Gasteiger partial charge in [0.25, 0.3) is 0 Å². The van der Waals surface area contributed by atoms with Crippen molar-refractivity contribution in [3.05, 3.63) is 10.7 Å². The summed E-state index contributed by atoms with van der Waals surface area (Å²) in [5.41, 5.74) is 6.11. The largest absolute Gasteiger partial charge is 0.476 e. The normalized spacial score (nSPS) is 24.4. The van der Waals surface area contributed by atoms with E-state index < -0.39 is 5.97 Å². The van der Waals surface area contributed by atoms with Gasteiger partial charge in [0.1, 0.15) is 5.00 Å². The number of thiazole rings is 1. The number of carbonyl (C=O) groups is 1. The fourth-order valence-corrected chi connectivity index (χ4v) is 3.88. The predicted octanol–water partition coefficient (Wildman–Crippen LogP) is 3.74. The minimum atomic E-state index is -1.02. The van der Waals surface area contributed by atoms with Crippen LogP contribution in [0, 0.1) is 11.3 Å². The van der Waals surface area contributed by atoms with Gasteiger partial charge in [-0.3, -0.25) is 0 Å². The van der Waals surface area contributed by atoms with Crippen molar-refractivity contribution in [1.82, 2.24) is 4.98 Å². The smallest absolute Gasteiger partial charge is 0.357 e. The van der Waals surface area contributed by atoms with Crippen LogP contribution in [0.4, 0.5) is 5.00 Å². The van der Waals surface area contributed by atoms with Gasteiger partial charge in [-0.15, -0.1) is 11.3 Å². The first-order chi connectivity index (χ1) is 8.79. The Kier molecular flexibility index (Phi) is 3.85. The van der Waals surface area contributed by atoms with Gasteiger partial charge >= 0.3 is 5.97 Å². The minimum Gasteiger partial charge on any atom is -0.476 e. The third-order valence-corrected chi connectivity index (χ3v) is 5.22. The fraction of sp³-hybridized carbons (Fsp3) is 0.714. The molecule has 5 heteroatoms. The number of anilines is 1. The van der Waals surface area contributed by atoms with Gasteiger partial charge in [-0.1, -0.05) is 20.8 Å². The molecule has 0 amide bonds. The third kappa shape index (κ3) is 3.08. The number of rotatable bonds is 2. The summed E-state index contributed by atoms with van der Waals surface area (Å²) in [4.78, 5) is 15.2. The Balaban J connectivity index is 2.06. The third-order valence-electron chi connectivity index (χ3n) is 4.17. The van der Waals surface area contributed by atoms with Crippen LogP contribution in [0.25, 0.3) is 0 Å². The zero-order chi connectivity index (χ0) is 14.2. The molecule has 0 unspecified atom stereocenters. The second-order valence-corrected chi connectivity index (χ2v) is 7.55. The molecule has 106 valence electrons. The molecule has 4 nitrogen and oxygen atoms in total. The van der Waals surface area contributed by atoms with Crippen LogP contribution in [-0.2, 0) is 0 Å². The van der Waals surface area contributed by atoms with Crippen molar-refractivity contribution in [2.24, 2.45) is 11.3 Å². The lowest BCUT2D eigenvalue weighted by molar-refractivity contribution is 0.0692. The number of hydrogen-bond donors (Lipinski definition) is 2. The Hall–Kier alpha value is -1.10. The van der Waals surface area contributed by atoms with Crippen LogP contribution in [0.1, 0.15) is 67.9 Å². The predicted molar refractivity (Wildman–Crippen MR) is 77.6 cm³/mol. The van der Waals surface area contributed by atoms with Gasteiger partial charge in [-0.25, -0.2) is 9.78 Å². The summed E-state index contributed by atoms with van der Waals surface area (Å²) in [6, 6.07) is 0. The van der Waals surface area contributed by atoms with E-state index in [4.69, 9.17) is 10.8 Å². The molecule has 0 radical (unpaired) electrons. The summed E-state index contributed by atoms with van der Waals surface area (Å²) in [5, 5.41) is 10.2. The summed E-state index contributed by atoms with van der Waals surface area (Å²) in [7, 11) is 0. The van der Waals surface area contributed by atoms with Gasteiger partial charge in [-0.2, -0.15) is 0 Å². The van der Waals surface area contributed by atoms with Crippen molar-refractivity contribution in [3.8, 4) is 0 Å². The molecule has 0 saturated heterocycles. The van der Waals surface area contributed by atoms with Crippen molar-refractivity contribution >= 4 is 22.3 Å². The van der Waals surface area contributed by atoms with E-state index in [1.165, 1.54) is 24.2 Å². The number of aromatic nitrogens is 1. The molecule has 1 heterocycles. The Bertz CT molecular complexity index is 468. The molecule has 0 aliphatic heterocycles. The first-order valence-electron chi connectivity index (χ1n) is 6.78. The first-order valence-corrected chi connectivity index (χ1v) is 7.60. The highest BCUT2D eigenvalue weighted by molar-refractivity contribution is 7.16. The van der Waals surface area contributed by atoms with Gasteiger partial charge < -0.3 is 10.8 Å². The molecule has 1 aliphatic carbocycles. The van der Waals surface area contributed by atoms with E-state index in [0.717, 1.165) is 23.8 Å². The average molecular weight is 282 g/mol. The van der Waals surface area contributed by atoms with Gasteiger partial charge in [0.05, 0.1) is 5.01 Å². The van der Waals surface area contributed by atoms with Crippen LogP contribution in [-0.4, -0.2) is 16.1 Å². The monoisotopic (exact) mass is 282 g/mol. The quantitative estimate of drug-likeness (QED) is 0.866. The second kappa shape index (κ2) is 5.12. The van der Waals surface area contributed by atoms with Crippen LogP contribution in [0.3, 0.4) is 0 Å². The standard InChI is InChI=1S/C14H22N2O2S/c1-14(2,3)9-6-4-8(5-7-9)12-16-10(13(17)18)11(15)19-12/h8-9H,4-7,15H2,1-3H3,(H,17,18). The van der Waals surface area contributed by atoms with Gasteiger partial charge in [0.15, 0.2) is 5.69 Å². The lowest BCUT2D eigenvalue weighted by Gasteiger charge is -2.36. The molecular weight excluding hydrogens is 260 g/mol. The maximum absolute atomic E-state index is 11.0. The topological polar surface area (TPSA) is 76.2 Å². The van der Waals surface area contributed by atoms with E-state index in [0.29, 0.717) is 16.3 Å². The minimum absolute atomic E-state index is 0.0259. The Morgan fingerprint density at radius 2 is 1.89 bits per heavy atom. The van der Waals surface area contributed by atoms with Crippen LogP contribution in [0.5, 0.6) is 0 Å². The SMILES string of the molecule is CC(C)(C)C1CCC(c2nc(C(=O)O)c(N)s2)CC1. The Morgan fingerprint density at radius 3 is 2.32 bits per heavy atom. The zero-order valence-corrected chi connectivity index (χ0v) is 12.6. The molecule has 1 aromatic heterocycles. The fourth-order valence-electron chi connectivity index (χ4n) is 2.88. The summed E-state index contributed by atoms with van der Waals surface area (Å²) in [6.45, 7) is 6.88. The number of nitrogens with zero attached hydrogens (tertiary/aromatic N) is 1. The highest BCUT2D eigenvalue weighted by atomic mass is 32.1. The highest BCUT2D eigenvalue weighted by Crippen LogP contribution is 2.44. The molecule has 1 fully saturated rings. The first kappa shape index (κ1) is 14.3. The van der Waals surface area contributed by atoms with E-state index in [1.54, 1.807) is 0 Å². The number of nitrogen functional groups attached to an aromatic ring is 1. The molecule has 0 bridgehead atoms. The van der Waals surface area contributed by atoms with Crippen molar-refractivity contribution in [3.63, 3.8) is 0 Å². The van der Waals surface area contributed by atoms with E-state index in [9.17, 15) is 4.79 Å². The van der Waals surface area contributed by atoms with Crippen molar-refractivity contribution in [2.75, 3.05) is 5.73 Å². The van der Waals surface area contributed by atoms with Gasteiger partial charge in [0.2, 0.25) is 0 Å². The number of carboxylic acids is 1. The molecule has 0 aromatic carbocycles. The van der Waals surface area contributed by atoms with Crippen LogP contribution in [0.2, 0.25) is 0 Å². The highest BCUT2D eigenvalue weighted by Gasteiger charge is 2.32. The van der Waals surface area contributed by atoms with Crippen LogP contribution < -0.4 is 5.73 Å². The molecule has 1 aromatic rings. The van der Waals surface area contributed by atoms with Crippen molar-refractivity contribution in [1.29, 1.82) is 0 Å². The molecule has 1 aliphatic rings. The lowest BCUT2D eigenvalue weighted by atomic mass is 9.70. The molecule has 0 spiro atoms. The number of hydrogen-bond acceptors (Lipinski definition) is 4. The average Bonchev–Trinajstić information content (AvgIpc) is 2.70. The summed E-state index contributed by atoms with van der Waals surface area (Å²) >= 11 is 1.34. The van der Waals surface area contributed by atoms with E-state index in [-0.39, 0.29) is 5.69 Å². The van der Waals surface area contributed by atoms with Crippen molar-refractivity contribution in [2.45, 2.75) is 52.4 Å². The number of carboxylic acid groups (broad SMARTS) is 1.